The number of ether oxygens (including phenoxy) is 1. The number of amides is 2. The predicted molar refractivity (Wildman–Crippen MR) is 178 cm³/mol. The summed E-state index contributed by atoms with van der Waals surface area (Å²) in [5, 5.41) is 3.03. The summed E-state index contributed by atoms with van der Waals surface area (Å²) in [6, 6.07) is 27.9. The fourth-order valence-electron chi connectivity index (χ4n) is 4.81. The summed E-state index contributed by atoms with van der Waals surface area (Å²) in [5.41, 5.74) is 1.57. The highest BCUT2D eigenvalue weighted by molar-refractivity contribution is 7.92. The lowest BCUT2D eigenvalue weighted by Crippen LogP contribution is -2.53. The lowest BCUT2D eigenvalue weighted by atomic mass is 10.0. The number of carbonyl (C=O) groups is 2. The molecule has 0 aliphatic rings. The van der Waals surface area contributed by atoms with E-state index in [0.717, 1.165) is 9.87 Å². The molecule has 1 unspecified atom stereocenters. The van der Waals surface area contributed by atoms with Crippen LogP contribution in [0.5, 0.6) is 5.75 Å². The molecule has 0 aromatic heterocycles. The number of hydrogen-bond acceptors (Lipinski definition) is 5. The minimum Gasteiger partial charge on any atom is -0.497 e. The van der Waals surface area contributed by atoms with Gasteiger partial charge in [0.2, 0.25) is 11.8 Å². The first-order chi connectivity index (χ1) is 21.6. The number of rotatable bonds is 14. The highest BCUT2D eigenvalue weighted by Gasteiger charge is 2.35. The molecule has 45 heavy (non-hydrogen) atoms. The third kappa shape index (κ3) is 8.57. The average Bonchev–Trinajstić information content (AvgIpc) is 3.06. The monoisotopic (exact) mass is 667 g/mol. The molecule has 236 valence electrons. The number of halogens is 2. The van der Waals surface area contributed by atoms with Crippen molar-refractivity contribution in [3.63, 3.8) is 0 Å². The zero-order valence-electron chi connectivity index (χ0n) is 25.0. The maximum absolute atomic E-state index is 14.5. The van der Waals surface area contributed by atoms with Gasteiger partial charge in [0.25, 0.3) is 10.0 Å². The molecule has 1 atom stereocenters. The van der Waals surface area contributed by atoms with E-state index in [0.29, 0.717) is 24.3 Å². The second-order valence-corrected chi connectivity index (χ2v) is 12.9. The molecule has 0 heterocycles. The van der Waals surface area contributed by atoms with Crippen LogP contribution in [0.15, 0.2) is 108 Å². The summed E-state index contributed by atoms with van der Waals surface area (Å²) in [6.07, 6.45) is 0.902. The van der Waals surface area contributed by atoms with Gasteiger partial charge in [0.05, 0.1) is 27.7 Å². The molecule has 4 rings (SSSR count). The van der Waals surface area contributed by atoms with Gasteiger partial charge >= 0.3 is 0 Å². The van der Waals surface area contributed by atoms with Crippen molar-refractivity contribution in [2.24, 2.45) is 0 Å². The van der Waals surface area contributed by atoms with Gasteiger partial charge in [-0.25, -0.2) is 8.42 Å². The summed E-state index contributed by atoms with van der Waals surface area (Å²) in [4.78, 5) is 29.6. The van der Waals surface area contributed by atoms with Crippen molar-refractivity contribution < 1.29 is 22.7 Å². The maximum Gasteiger partial charge on any atom is 0.264 e. The Morgan fingerprint density at radius 1 is 0.867 bits per heavy atom. The van der Waals surface area contributed by atoms with Gasteiger partial charge in [0, 0.05) is 19.5 Å². The smallest absolute Gasteiger partial charge is 0.264 e. The minimum atomic E-state index is -4.30. The minimum absolute atomic E-state index is 0.00951. The Bertz CT molecular complexity index is 1710. The SMILES string of the molecule is CCCNC(=O)C(Cc1ccccc1)N(Cc1cccc(OC)c1)C(=O)CN(c1cccc(Cl)c1Cl)S(=O)(=O)c1ccccc1. The summed E-state index contributed by atoms with van der Waals surface area (Å²) in [5.74, 6) is -0.384. The van der Waals surface area contributed by atoms with Crippen LogP contribution in [0.4, 0.5) is 5.69 Å². The molecule has 0 spiro atoms. The van der Waals surface area contributed by atoms with Crippen LogP contribution in [0, 0.1) is 0 Å². The lowest BCUT2D eigenvalue weighted by molar-refractivity contribution is -0.140. The van der Waals surface area contributed by atoms with Crippen molar-refractivity contribution >= 4 is 50.7 Å². The molecule has 1 N–H and O–H groups in total. The van der Waals surface area contributed by atoms with Crippen molar-refractivity contribution in [1.29, 1.82) is 0 Å². The van der Waals surface area contributed by atoms with E-state index in [-0.39, 0.29) is 39.5 Å². The lowest BCUT2D eigenvalue weighted by Gasteiger charge is -2.34. The Morgan fingerprint density at radius 2 is 1.51 bits per heavy atom. The molecule has 0 aliphatic heterocycles. The predicted octanol–water partition coefficient (Wildman–Crippen LogP) is 6.36. The zero-order chi connectivity index (χ0) is 32.4. The van der Waals surface area contributed by atoms with Gasteiger partial charge in [0.15, 0.2) is 0 Å². The molecule has 0 saturated heterocycles. The third-order valence-corrected chi connectivity index (χ3v) is 9.70. The number of sulfonamides is 1. The topological polar surface area (TPSA) is 96.0 Å². The van der Waals surface area contributed by atoms with E-state index in [4.69, 9.17) is 27.9 Å². The molecule has 0 aliphatic carbocycles. The molecular weight excluding hydrogens is 633 g/mol. The summed E-state index contributed by atoms with van der Waals surface area (Å²) in [6.45, 7) is 1.72. The summed E-state index contributed by atoms with van der Waals surface area (Å²) < 4.78 is 34.5. The molecule has 8 nitrogen and oxygen atoms in total. The number of nitrogens with zero attached hydrogens (tertiary/aromatic N) is 2. The summed E-state index contributed by atoms with van der Waals surface area (Å²) in [7, 11) is -2.76. The molecule has 11 heteroatoms. The van der Waals surface area contributed by atoms with Crippen LogP contribution in [-0.4, -0.2) is 51.4 Å². The molecule has 0 saturated carbocycles. The van der Waals surface area contributed by atoms with Crippen LogP contribution >= 0.6 is 23.2 Å². The van der Waals surface area contributed by atoms with Crippen molar-refractivity contribution in [3.05, 3.63) is 124 Å². The Balaban J connectivity index is 1.83. The van der Waals surface area contributed by atoms with Crippen molar-refractivity contribution in [2.45, 2.75) is 37.2 Å². The van der Waals surface area contributed by atoms with Gasteiger partial charge < -0.3 is 15.0 Å². The Labute approximate surface area is 274 Å². The highest BCUT2D eigenvalue weighted by Crippen LogP contribution is 2.35. The van der Waals surface area contributed by atoms with Gasteiger partial charge in [-0.1, -0.05) is 96.9 Å². The second-order valence-electron chi connectivity index (χ2n) is 10.3. The van der Waals surface area contributed by atoms with Crippen LogP contribution < -0.4 is 14.4 Å². The normalized spacial score (nSPS) is 11.8. The Hall–Kier alpha value is -4.05. The first-order valence-electron chi connectivity index (χ1n) is 14.4. The van der Waals surface area contributed by atoms with Gasteiger partial charge in [0.1, 0.15) is 18.3 Å². The highest BCUT2D eigenvalue weighted by atomic mass is 35.5. The molecule has 2 amide bonds. The largest absolute Gasteiger partial charge is 0.497 e. The number of hydrogen-bond donors (Lipinski definition) is 1. The first-order valence-corrected chi connectivity index (χ1v) is 16.6. The van der Waals surface area contributed by atoms with E-state index in [1.807, 2.05) is 43.3 Å². The summed E-state index contributed by atoms with van der Waals surface area (Å²) >= 11 is 12.9. The standard InChI is InChI=1S/C34H35Cl2N3O5S/c1-3-20-37-34(41)31(22-25-12-6-4-7-13-25)38(23-26-14-10-15-27(21-26)44-2)32(40)24-39(30-19-11-18-29(35)33(30)36)45(42,43)28-16-8-5-9-17-28/h4-19,21,31H,3,20,22-24H2,1-2H3,(H,37,41). The molecule has 0 bridgehead atoms. The quantitative estimate of drug-likeness (QED) is 0.169. The van der Waals surface area contributed by atoms with Gasteiger partial charge in [-0.2, -0.15) is 0 Å². The van der Waals surface area contributed by atoms with E-state index in [9.17, 15) is 18.0 Å². The van der Waals surface area contributed by atoms with E-state index in [1.54, 1.807) is 49.6 Å². The van der Waals surface area contributed by atoms with Crippen molar-refractivity contribution in [1.82, 2.24) is 10.2 Å². The zero-order valence-corrected chi connectivity index (χ0v) is 27.4. The van der Waals surface area contributed by atoms with E-state index < -0.39 is 28.5 Å². The Kier molecular flexibility index (Phi) is 11.9. The van der Waals surface area contributed by atoms with E-state index in [2.05, 4.69) is 5.32 Å². The number of carbonyl (C=O) groups excluding carboxylic acids is 2. The Morgan fingerprint density at radius 3 is 2.18 bits per heavy atom. The van der Waals surface area contributed by atoms with Crippen LogP contribution in [-0.2, 0) is 32.6 Å². The average molecular weight is 669 g/mol. The number of anilines is 1. The van der Waals surface area contributed by atoms with Crippen LogP contribution in [0.2, 0.25) is 10.0 Å². The van der Waals surface area contributed by atoms with E-state index >= 15 is 0 Å². The number of methoxy groups -OCH3 is 1. The van der Waals surface area contributed by atoms with Crippen LogP contribution in [0.25, 0.3) is 0 Å². The van der Waals surface area contributed by atoms with E-state index in [1.165, 1.54) is 29.2 Å². The van der Waals surface area contributed by atoms with Crippen LogP contribution in [0.3, 0.4) is 0 Å². The number of benzene rings is 4. The maximum atomic E-state index is 14.5. The first kappa shape index (κ1) is 33.8. The second kappa shape index (κ2) is 15.8. The molecular formula is C34H35Cl2N3O5S. The van der Waals surface area contributed by atoms with Crippen LogP contribution in [0.1, 0.15) is 24.5 Å². The van der Waals surface area contributed by atoms with Crippen molar-refractivity contribution in [3.8, 4) is 5.75 Å². The fraction of sp³-hybridized carbons (Fsp3) is 0.235. The molecule has 0 fully saturated rings. The fourth-order valence-corrected chi connectivity index (χ4v) is 6.70. The van der Waals surface area contributed by atoms with Gasteiger partial charge in [-0.05, 0) is 53.9 Å². The van der Waals surface area contributed by atoms with Gasteiger partial charge in [-0.15, -0.1) is 0 Å². The number of nitrogens with one attached hydrogen (secondary N) is 1. The molecule has 4 aromatic rings. The molecule has 0 radical (unpaired) electrons. The molecule has 4 aromatic carbocycles. The third-order valence-electron chi connectivity index (χ3n) is 7.12. The van der Waals surface area contributed by atoms with Crippen molar-refractivity contribution in [2.75, 3.05) is 24.5 Å². The van der Waals surface area contributed by atoms with Gasteiger partial charge in [-0.3, -0.25) is 13.9 Å².